The van der Waals surface area contributed by atoms with E-state index in [4.69, 9.17) is 16.3 Å². The lowest BCUT2D eigenvalue weighted by Gasteiger charge is -2.26. The van der Waals surface area contributed by atoms with E-state index in [1.165, 1.54) is 6.07 Å². The highest BCUT2D eigenvalue weighted by Gasteiger charge is 2.21. The van der Waals surface area contributed by atoms with Crippen LogP contribution in [0.1, 0.15) is 43.0 Å². The number of pyridine rings is 1. The third-order valence-corrected chi connectivity index (χ3v) is 4.81. The topological polar surface area (TPSA) is 68.3 Å². The summed E-state index contributed by atoms with van der Waals surface area (Å²) < 4.78 is 5.18. The van der Waals surface area contributed by atoms with Gasteiger partial charge in [0.25, 0.3) is 5.91 Å². The molecule has 0 spiro atoms. The number of nitrogens with one attached hydrogen (secondary N) is 1. The third-order valence-electron chi connectivity index (χ3n) is 4.62. The van der Waals surface area contributed by atoms with Crippen LogP contribution in [0.25, 0.3) is 10.9 Å². The summed E-state index contributed by atoms with van der Waals surface area (Å²) in [6.07, 6.45) is 4.19. The Balaban J connectivity index is 1.60. The van der Waals surface area contributed by atoms with E-state index < -0.39 is 5.97 Å². The standard InChI is InChI=1S/C19H21ClN2O3/c1-12-6-8-13(9-7-12)21-18(23)11-25-19(24)15-10-17(20)22-16-5-3-2-4-14(15)16/h2-5,10,12-13H,6-9,11H2,1H3,(H,21,23). The lowest BCUT2D eigenvalue weighted by Crippen LogP contribution is -2.39. The van der Waals surface area contributed by atoms with Gasteiger partial charge in [-0.3, -0.25) is 4.79 Å². The molecular formula is C19H21ClN2O3. The second-order valence-corrected chi connectivity index (χ2v) is 7.00. The predicted octanol–water partition coefficient (Wildman–Crippen LogP) is 3.74. The summed E-state index contributed by atoms with van der Waals surface area (Å²) in [4.78, 5) is 28.6. The summed E-state index contributed by atoms with van der Waals surface area (Å²) in [5.41, 5.74) is 0.928. The maximum Gasteiger partial charge on any atom is 0.339 e. The fourth-order valence-electron chi connectivity index (χ4n) is 3.19. The maximum atomic E-state index is 12.4. The molecule has 0 aliphatic heterocycles. The number of carbonyl (C=O) groups excluding carboxylic acids is 2. The largest absolute Gasteiger partial charge is 0.452 e. The fraction of sp³-hybridized carbons (Fsp3) is 0.421. The van der Waals surface area contributed by atoms with Crippen LogP contribution in [0.5, 0.6) is 0 Å². The molecule has 0 bridgehead atoms. The molecule has 0 radical (unpaired) electrons. The van der Waals surface area contributed by atoms with Crippen LogP contribution in [0, 0.1) is 5.92 Å². The number of rotatable bonds is 4. The molecule has 0 atom stereocenters. The van der Waals surface area contributed by atoms with Crippen molar-refractivity contribution in [1.82, 2.24) is 10.3 Å². The first-order valence-corrected chi connectivity index (χ1v) is 8.92. The van der Waals surface area contributed by atoms with Crippen LogP contribution in [0.3, 0.4) is 0 Å². The van der Waals surface area contributed by atoms with Crippen LogP contribution in [-0.2, 0) is 9.53 Å². The van der Waals surface area contributed by atoms with Crippen molar-refractivity contribution in [2.45, 2.75) is 38.6 Å². The summed E-state index contributed by atoms with van der Waals surface area (Å²) >= 11 is 5.97. The van der Waals surface area contributed by atoms with Gasteiger partial charge in [-0.1, -0.05) is 36.7 Å². The van der Waals surface area contributed by atoms with Crippen LogP contribution < -0.4 is 5.32 Å². The van der Waals surface area contributed by atoms with Crippen LogP contribution >= 0.6 is 11.6 Å². The SMILES string of the molecule is CC1CCC(NC(=O)COC(=O)c2cc(Cl)nc3ccccc23)CC1. The first kappa shape index (κ1) is 17.7. The van der Waals surface area contributed by atoms with Crippen molar-refractivity contribution >= 4 is 34.4 Å². The maximum absolute atomic E-state index is 12.4. The summed E-state index contributed by atoms with van der Waals surface area (Å²) in [7, 11) is 0. The van der Waals surface area contributed by atoms with Gasteiger partial charge in [0.2, 0.25) is 0 Å². The van der Waals surface area contributed by atoms with Gasteiger partial charge in [0.05, 0.1) is 11.1 Å². The smallest absolute Gasteiger partial charge is 0.339 e. The highest BCUT2D eigenvalue weighted by Crippen LogP contribution is 2.23. The second-order valence-electron chi connectivity index (χ2n) is 6.61. The minimum Gasteiger partial charge on any atom is -0.452 e. The molecule has 132 valence electrons. The summed E-state index contributed by atoms with van der Waals surface area (Å²) in [5.74, 6) is -0.124. The van der Waals surface area contributed by atoms with Crippen molar-refractivity contribution in [3.63, 3.8) is 0 Å². The Morgan fingerprint density at radius 3 is 2.72 bits per heavy atom. The second kappa shape index (κ2) is 7.83. The van der Waals surface area contributed by atoms with E-state index in [1.54, 1.807) is 12.1 Å². The molecule has 1 aromatic carbocycles. The molecule has 2 aromatic rings. The van der Waals surface area contributed by atoms with Crippen molar-refractivity contribution in [2.24, 2.45) is 5.92 Å². The van der Waals surface area contributed by atoms with E-state index in [2.05, 4.69) is 17.2 Å². The molecule has 5 nitrogen and oxygen atoms in total. The fourth-order valence-corrected chi connectivity index (χ4v) is 3.39. The molecule has 1 aliphatic rings. The molecule has 0 saturated heterocycles. The minimum atomic E-state index is -0.576. The van der Waals surface area contributed by atoms with Gasteiger partial charge in [-0.15, -0.1) is 0 Å². The predicted molar refractivity (Wildman–Crippen MR) is 96.6 cm³/mol. The third kappa shape index (κ3) is 4.48. The van der Waals surface area contributed by atoms with Gasteiger partial charge in [0.1, 0.15) is 5.15 Å². The molecule has 6 heteroatoms. The number of aromatic nitrogens is 1. The Morgan fingerprint density at radius 1 is 1.24 bits per heavy atom. The summed E-state index contributed by atoms with van der Waals surface area (Å²) in [5, 5.41) is 3.81. The Morgan fingerprint density at radius 2 is 1.96 bits per heavy atom. The highest BCUT2D eigenvalue weighted by molar-refractivity contribution is 6.30. The highest BCUT2D eigenvalue weighted by atomic mass is 35.5. The molecule has 1 fully saturated rings. The van der Waals surface area contributed by atoms with Crippen LogP contribution in [0.4, 0.5) is 0 Å². The van der Waals surface area contributed by atoms with Gasteiger partial charge in [-0.25, -0.2) is 9.78 Å². The Labute approximate surface area is 151 Å². The molecule has 1 aliphatic carbocycles. The van der Waals surface area contributed by atoms with Gasteiger partial charge in [-0.2, -0.15) is 0 Å². The first-order valence-electron chi connectivity index (χ1n) is 8.54. The van der Waals surface area contributed by atoms with Gasteiger partial charge in [-0.05, 0) is 43.7 Å². The number of benzene rings is 1. The molecule has 1 heterocycles. The number of esters is 1. The number of nitrogens with zero attached hydrogens (tertiary/aromatic N) is 1. The lowest BCUT2D eigenvalue weighted by atomic mass is 9.87. The number of fused-ring (bicyclic) bond motifs is 1. The molecule has 1 amide bonds. The van der Waals surface area contributed by atoms with Gasteiger partial charge < -0.3 is 10.1 Å². The van der Waals surface area contributed by atoms with E-state index in [1.807, 2.05) is 12.1 Å². The molecular weight excluding hydrogens is 340 g/mol. The Bertz CT molecular complexity index is 785. The van der Waals surface area contributed by atoms with Crippen molar-refractivity contribution in [3.05, 3.63) is 41.0 Å². The zero-order valence-corrected chi connectivity index (χ0v) is 14.9. The van der Waals surface area contributed by atoms with Gasteiger partial charge >= 0.3 is 5.97 Å². The van der Waals surface area contributed by atoms with E-state index in [-0.39, 0.29) is 23.7 Å². The molecule has 3 rings (SSSR count). The minimum absolute atomic E-state index is 0.179. The summed E-state index contributed by atoms with van der Waals surface area (Å²) in [6.45, 7) is 1.93. The quantitative estimate of drug-likeness (QED) is 0.666. The van der Waals surface area contributed by atoms with Crippen LogP contribution in [0.15, 0.2) is 30.3 Å². The van der Waals surface area contributed by atoms with Crippen molar-refractivity contribution in [3.8, 4) is 0 Å². The Kier molecular flexibility index (Phi) is 5.53. The van der Waals surface area contributed by atoms with E-state index in [9.17, 15) is 9.59 Å². The number of amides is 1. The van der Waals surface area contributed by atoms with E-state index in [0.717, 1.165) is 31.6 Å². The normalized spacial score (nSPS) is 20.2. The van der Waals surface area contributed by atoms with Crippen molar-refractivity contribution in [2.75, 3.05) is 6.61 Å². The van der Waals surface area contributed by atoms with Gasteiger partial charge in [0, 0.05) is 11.4 Å². The van der Waals surface area contributed by atoms with E-state index in [0.29, 0.717) is 16.5 Å². The van der Waals surface area contributed by atoms with Crippen molar-refractivity contribution < 1.29 is 14.3 Å². The summed E-state index contributed by atoms with van der Waals surface area (Å²) in [6, 6.07) is 8.82. The molecule has 0 unspecified atom stereocenters. The number of para-hydroxylation sites is 1. The number of ether oxygens (including phenoxy) is 1. The van der Waals surface area contributed by atoms with Crippen molar-refractivity contribution in [1.29, 1.82) is 0 Å². The number of carbonyl (C=O) groups is 2. The first-order chi connectivity index (χ1) is 12.0. The van der Waals surface area contributed by atoms with Gasteiger partial charge in [0.15, 0.2) is 6.61 Å². The Hall–Kier alpha value is -2.14. The molecule has 1 N–H and O–H groups in total. The molecule has 1 aromatic heterocycles. The lowest BCUT2D eigenvalue weighted by molar-refractivity contribution is -0.125. The number of halogens is 1. The van der Waals surface area contributed by atoms with Crippen LogP contribution in [-0.4, -0.2) is 29.5 Å². The average molecular weight is 361 g/mol. The monoisotopic (exact) mass is 360 g/mol. The number of hydrogen-bond donors (Lipinski definition) is 1. The van der Waals surface area contributed by atoms with E-state index >= 15 is 0 Å². The molecule has 25 heavy (non-hydrogen) atoms. The number of hydrogen-bond acceptors (Lipinski definition) is 4. The average Bonchev–Trinajstić information content (AvgIpc) is 2.61. The van der Waals surface area contributed by atoms with Crippen LogP contribution in [0.2, 0.25) is 5.15 Å². The zero-order chi connectivity index (χ0) is 17.8. The molecule has 1 saturated carbocycles. The zero-order valence-electron chi connectivity index (χ0n) is 14.1.